The van der Waals surface area contributed by atoms with Gasteiger partial charge in [-0.15, -0.1) is 0 Å². The third kappa shape index (κ3) is 5.89. The number of ether oxygens (including phenoxy) is 3. The van der Waals surface area contributed by atoms with Crippen molar-refractivity contribution in [1.29, 1.82) is 0 Å². The molecular formula is C22H21BF3NO7. The largest absolute Gasteiger partial charge is 0.707 e. The number of pyridine rings is 1. The number of aryl methyl sites for hydroxylation is 1. The minimum Gasteiger partial charge on any atom is -0.512 e. The molecule has 1 aromatic heterocycles. The molecule has 180 valence electrons. The van der Waals surface area contributed by atoms with Crippen LogP contribution in [-0.2, 0) is 22.4 Å². The van der Waals surface area contributed by atoms with E-state index in [1.54, 1.807) is 19.1 Å². The van der Waals surface area contributed by atoms with Crippen LogP contribution in [0.5, 0.6) is 17.2 Å². The van der Waals surface area contributed by atoms with Crippen molar-refractivity contribution in [3.63, 3.8) is 0 Å². The smallest absolute Gasteiger partial charge is 0.512 e. The lowest BCUT2D eigenvalue weighted by atomic mass is 9.98. The topological polar surface area (TPSA) is 107 Å². The molecule has 1 heterocycles. The molecule has 0 bridgehead atoms. The van der Waals surface area contributed by atoms with Crippen LogP contribution < -0.4 is 14.1 Å². The molecule has 0 radical (unpaired) electrons. The van der Waals surface area contributed by atoms with Crippen LogP contribution >= 0.6 is 0 Å². The molecule has 0 saturated carbocycles. The van der Waals surface area contributed by atoms with Crippen molar-refractivity contribution < 1.29 is 46.9 Å². The van der Waals surface area contributed by atoms with Gasteiger partial charge in [0.25, 0.3) is 0 Å². The molecule has 0 amide bonds. The summed E-state index contributed by atoms with van der Waals surface area (Å²) in [6.45, 7) is -2.03. The molecule has 2 aromatic carbocycles. The second-order valence-electron chi connectivity index (χ2n) is 7.00. The molecule has 0 spiro atoms. The maximum atomic E-state index is 14.7. The number of carbonyl (C=O) groups excluding carboxylic acids is 1. The average Bonchev–Trinajstić information content (AvgIpc) is 2.80. The highest BCUT2D eigenvalue weighted by molar-refractivity contribution is 6.33. The molecule has 0 aliphatic rings. The molecule has 0 atom stereocenters. The second kappa shape index (κ2) is 11.1. The Kier molecular flexibility index (Phi) is 8.19. The average molecular weight is 479 g/mol. The number of benzene rings is 2. The zero-order valence-electron chi connectivity index (χ0n) is 18.3. The SMILES string of the molecule is CCc1nc2c(F)ccc(OCC(=O)OC)c2c(OC(F)F)c1Cc1ccc(OB(O)O)cc1. The summed E-state index contributed by atoms with van der Waals surface area (Å²) in [6.07, 6.45) is 0.360. The van der Waals surface area contributed by atoms with Gasteiger partial charge in [0.2, 0.25) is 0 Å². The summed E-state index contributed by atoms with van der Waals surface area (Å²) in [6, 6.07) is 8.37. The van der Waals surface area contributed by atoms with Gasteiger partial charge in [-0.2, -0.15) is 8.78 Å². The Hall–Kier alpha value is -3.51. The van der Waals surface area contributed by atoms with Gasteiger partial charge in [0, 0.05) is 17.7 Å². The van der Waals surface area contributed by atoms with Gasteiger partial charge in [-0.05, 0) is 36.2 Å². The summed E-state index contributed by atoms with van der Waals surface area (Å²) in [5.74, 6) is -1.71. The van der Waals surface area contributed by atoms with Crippen molar-refractivity contribution in [3.05, 3.63) is 59.0 Å². The third-order valence-corrected chi connectivity index (χ3v) is 4.85. The molecule has 0 unspecified atom stereocenters. The number of halogens is 3. The first-order chi connectivity index (χ1) is 16.2. The van der Waals surface area contributed by atoms with E-state index < -0.39 is 32.3 Å². The zero-order chi connectivity index (χ0) is 24.8. The van der Waals surface area contributed by atoms with E-state index in [9.17, 15) is 18.0 Å². The molecule has 3 aromatic rings. The molecule has 12 heteroatoms. The third-order valence-electron chi connectivity index (χ3n) is 4.85. The summed E-state index contributed by atoms with van der Waals surface area (Å²) in [7, 11) is -0.837. The van der Waals surface area contributed by atoms with E-state index in [4.69, 9.17) is 24.2 Å². The highest BCUT2D eigenvalue weighted by Crippen LogP contribution is 2.40. The van der Waals surface area contributed by atoms with E-state index in [0.717, 1.165) is 13.2 Å². The molecule has 3 rings (SSSR count). The van der Waals surface area contributed by atoms with Crippen molar-refractivity contribution in [2.75, 3.05) is 13.7 Å². The van der Waals surface area contributed by atoms with Gasteiger partial charge < -0.3 is 28.9 Å². The van der Waals surface area contributed by atoms with E-state index in [1.807, 2.05) is 0 Å². The monoisotopic (exact) mass is 479 g/mol. The molecule has 0 saturated heterocycles. The number of esters is 1. The Labute approximate surface area is 193 Å². The molecular weight excluding hydrogens is 458 g/mol. The van der Waals surface area contributed by atoms with Crippen LogP contribution in [0.4, 0.5) is 13.2 Å². The molecule has 34 heavy (non-hydrogen) atoms. The van der Waals surface area contributed by atoms with Crippen LogP contribution in [0.15, 0.2) is 36.4 Å². The minimum atomic E-state index is -3.23. The van der Waals surface area contributed by atoms with Gasteiger partial charge >= 0.3 is 19.9 Å². The van der Waals surface area contributed by atoms with E-state index in [1.165, 1.54) is 18.2 Å². The molecule has 0 fully saturated rings. The number of alkyl halides is 2. The maximum Gasteiger partial charge on any atom is 0.707 e. The summed E-state index contributed by atoms with van der Waals surface area (Å²) in [5, 5.41) is 17.7. The second-order valence-corrected chi connectivity index (χ2v) is 7.00. The van der Waals surface area contributed by atoms with Crippen LogP contribution in [0.3, 0.4) is 0 Å². The van der Waals surface area contributed by atoms with Crippen molar-refractivity contribution in [3.8, 4) is 17.2 Å². The normalized spacial score (nSPS) is 10.9. The summed E-state index contributed by atoms with van der Waals surface area (Å²) >= 11 is 0. The highest BCUT2D eigenvalue weighted by atomic mass is 19.3. The van der Waals surface area contributed by atoms with E-state index in [2.05, 4.69) is 9.72 Å². The quantitative estimate of drug-likeness (QED) is 0.338. The molecule has 8 nitrogen and oxygen atoms in total. The van der Waals surface area contributed by atoms with Gasteiger partial charge in [0.15, 0.2) is 6.61 Å². The Morgan fingerprint density at radius 2 is 1.85 bits per heavy atom. The van der Waals surface area contributed by atoms with Crippen molar-refractivity contribution in [1.82, 2.24) is 4.98 Å². The fourth-order valence-electron chi connectivity index (χ4n) is 3.38. The summed E-state index contributed by atoms with van der Waals surface area (Å²) < 4.78 is 61.1. The molecule has 0 aliphatic heterocycles. The Balaban J connectivity index is 2.15. The Morgan fingerprint density at radius 3 is 2.44 bits per heavy atom. The van der Waals surface area contributed by atoms with E-state index in [0.29, 0.717) is 11.3 Å². The number of hydrogen-bond donors (Lipinski definition) is 2. The first-order valence-electron chi connectivity index (χ1n) is 10.1. The Bertz CT molecular complexity index is 1160. The van der Waals surface area contributed by atoms with Crippen LogP contribution in [0, 0.1) is 5.82 Å². The zero-order valence-corrected chi connectivity index (χ0v) is 18.3. The predicted octanol–water partition coefficient (Wildman–Crippen LogP) is 3.03. The van der Waals surface area contributed by atoms with Crippen molar-refractivity contribution in [2.24, 2.45) is 0 Å². The molecule has 0 aliphatic carbocycles. The lowest BCUT2D eigenvalue weighted by Gasteiger charge is -2.19. The number of aromatic nitrogens is 1. The van der Waals surface area contributed by atoms with E-state index in [-0.39, 0.29) is 46.6 Å². The van der Waals surface area contributed by atoms with Crippen molar-refractivity contribution in [2.45, 2.75) is 26.4 Å². The van der Waals surface area contributed by atoms with E-state index >= 15 is 0 Å². The van der Waals surface area contributed by atoms with Gasteiger partial charge in [0.05, 0.1) is 12.5 Å². The van der Waals surface area contributed by atoms with Gasteiger partial charge in [-0.1, -0.05) is 19.1 Å². The van der Waals surface area contributed by atoms with Crippen molar-refractivity contribution >= 4 is 24.2 Å². The first-order valence-corrected chi connectivity index (χ1v) is 10.1. The van der Waals surface area contributed by atoms with Crippen LogP contribution in [0.25, 0.3) is 10.9 Å². The van der Waals surface area contributed by atoms with Gasteiger partial charge in [-0.3, -0.25) is 0 Å². The number of carbonyl (C=O) groups is 1. The molecule has 2 N–H and O–H groups in total. The lowest BCUT2D eigenvalue weighted by Crippen LogP contribution is -2.20. The van der Waals surface area contributed by atoms with Gasteiger partial charge in [-0.25, -0.2) is 14.2 Å². The van der Waals surface area contributed by atoms with Gasteiger partial charge in [0.1, 0.15) is 28.6 Å². The fourth-order valence-corrected chi connectivity index (χ4v) is 3.38. The summed E-state index contributed by atoms with van der Waals surface area (Å²) in [4.78, 5) is 15.9. The number of rotatable bonds is 10. The van der Waals surface area contributed by atoms with Crippen LogP contribution in [0.2, 0.25) is 0 Å². The van der Waals surface area contributed by atoms with Crippen LogP contribution in [-0.4, -0.2) is 48.7 Å². The number of nitrogens with zero attached hydrogens (tertiary/aromatic N) is 1. The Morgan fingerprint density at radius 1 is 1.15 bits per heavy atom. The minimum absolute atomic E-state index is 0.0725. The van der Waals surface area contributed by atoms with Crippen LogP contribution in [0.1, 0.15) is 23.7 Å². The maximum absolute atomic E-state index is 14.7. The highest BCUT2D eigenvalue weighted by Gasteiger charge is 2.24. The lowest BCUT2D eigenvalue weighted by molar-refractivity contribution is -0.142. The number of fused-ring (bicyclic) bond motifs is 1. The predicted molar refractivity (Wildman–Crippen MR) is 115 cm³/mol. The number of methoxy groups -OCH3 is 1. The number of hydrogen-bond acceptors (Lipinski definition) is 8. The standard InChI is InChI=1S/C22H21BF3NO7/c1-3-16-14(10-12-4-6-13(7-5-12)34-23(29)30)21(33-22(25)26)19-17(32-11-18(28)31-2)9-8-15(24)20(19)27-16/h4-9,22,29-30H,3,10-11H2,1-2H3. The first kappa shape index (κ1) is 25.1. The fraction of sp³-hybridized carbons (Fsp3) is 0.273. The summed E-state index contributed by atoms with van der Waals surface area (Å²) in [5.41, 5.74) is 1.00.